The molecule has 0 aromatic heterocycles. The molecule has 0 aromatic carbocycles. The van der Waals surface area contributed by atoms with E-state index in [0.717, 1.165) is 19.3 Å². The quantitative estimate of drug-likeness (QED) is 0.245. The molecule has 1 saturated carbocycles. The monoisotopic (exact) mass is 361 g/mol. The molecule has 1 unspecified atom stereocenters. The minimum Gasteiger partial charge on any atom is -0.369 e. The molecule has 0 saturated heterocycles. The summed E-state index contributed by atoms with van der Waals surface area (Å²) < 4.78 is 0. The van der Waals surface area contributed by atoms with E-state index in [9.17, 15) is 4.79 Å². The zero-order valence-corrected chi connectivity index (χ0v) is 17.3. The number of unbranched alkanes of at least 4 members (excludes halogenated alkanes) is 7. The second-order valence-corrected chi connectivity index (χ2v) is 8.07. The van der Waals surface area contributed by atoms with Crippen molar-refractivity contribution in [3.63, 3.8) is 0 Å². The smallest absolute Gasteiger partial charge is 0.220 e. The highest BCUT2D eigenvalue weighted by Crippen LogP contribution is 2.32. The van der Waals surface area contributed by atoms with Crippen LogP contribution in [0.3, 0.4) is 0 Å². The normalized spacial score (nSPS) is 17.3. The van der Waals surface area contributed by atoms with Gasteiger partial charge in [0.25, 0.3) is 0 Å². The fourth-order valence-corrected chi connectivity index (χ4v) is 4.15. The maximum absolute atomic E-state index is 11.8. The summed E-state index contributed by atoms with van der Waals surface area (Å²) in [4.78, 5) is 11.8. The van der Waals surface area contributed by atoms with E-state index in [1.54, 1.807) is 0 Å². The van der Waals surface area contributed by atoms with Gasteiger partial charge in [-0.15, -0.1) is 0 Å². The van der Waals surface area contributed by atoms with Crippen molar-refractivity contribution in [1.82, 2.24) is 0 Å². The van der Waals surface area contributed by atoms with Gasteiger partial charge in [-0.3, -0.25) is 4.79 Å². The van der Waals surface area contributed by atoms with Crippen LogP contribution >= 0.6 is 0 Å². The number of allylic oxidation sites excluding steroid dienone is 4. The molecular formula is C24H43NO. The molecule has 1 fully saturated rings. The Morgan fingerprint density at radius 1 is 0.885 bits per heavy atom. The van der Waals surface area contributed by atoms with E-state index in [4.69, 9.17) is 5.73 Å². The Morgan fingerprint density at radius 3 is 2.12 bits per heavy atom. The molecule has 1 amide bonds. The summed E-state index contributed by atoms with van der Waals surface area (Å²) in [6, 6.07) is 0. The second kappa shape index (κ2) is 16.1. The van der Waals surface area contributed by atoms with Crippen molar-refractivity contribution >= 4 is 5.91 Å². The summed E-state index contributed by atoms with van der Waals surface area (Å²) in [7, 11) is 0. The molecule has 0 bridgehead atoms. The summed E-state index contributed by atoms with van der Waals surface area (Å²) >= 11 is 0. The molecule has 0 radical (unpaired) electrons. The topological polar surface area (TPSA) is 43.1 Å². The average molecular weight is 362 g/mol. The van der Waals surface area contributed by atoms with Crippen LogP contribution in [0.4, 0.5) is 0 Å². The van der Waals surface area contributed by atoms with E-state index in [0.29, 0.717) is 5.92 Å². The number of primary amides is 1. The van der Waals surface area contributed by atoms with Crippen molar-refractivity contribution in [2.24, 2.45) is 17.6 Å². The summed E-state index contributed by atoms with van der Waals surface area (Å²) in [5.41, 5.74) is 5.67. The highest BCUT2D eigenvalue weighted by molar-refractivity contribution is 5.76. The van der Waals surface area contributed by atoms with Gasteiger partial charge in [0.2, 0.25) is 5.91 Å². The van der Waals surface area contributed by atoms with Gasteiger partial charge in [0, 0.05) is 5.92 Å². The molecule has 1 atom stereocenters. The Kier molecular flexibility index (Phi) is 14.3. The molecule has 2 heteroatoms. The Bertz CT molecular complexity index is 393. The molecule has 1 aliphatic carbocycles. The van der Waals surface area contributed by atoms with Crippen LogP contribution in [0.1, 0.15) is 110 Å². The number of hydrogen-bond donors (Lipinski definition) is 1. The van der Waals surface area contributed by atoms with E-state index in [1.807, 2.05) is 0 Å². The maximum Gasteiger partial charge on any atom is 0.220 e. The lowest BCUT2D eigenvalue weighted by Crippen LogP contribution is -2.31. The van der Waals surface area contributed by atoms with Crippen LogP contribution in [-0.2, 0) is 4.79 Å². The zero-order chi connectivity index (χ0) is 18.9. The van der Waals surface area contributed by atoms with Gasteiger partial charge in [0.1, 0.15) is 0 Å². The number of nitrogens with two attached hydrogens (primary N) is 1. The Labute approximate surface area is 162 Å². The first-order chi connectivity index (χ1) is 12.8. The van der Waals surface area contributed by atoms with Crippen molar-refractivity contribution in [2.45, 2.75) is 110 Å². The second-order valence-electron chi connectivity index (χ2n) is 8.07. The molecule has 0 aromatic rings. The van der Waals surface area contributed by atoms with Gasteiger partial charge in [-0.25, -0.2) is 0 Å². The number of carbonyl (C=O) groups excluding carboxylic acids is 1. The maximum atomic E-state index is 11.8. The van der Waals surface area contributed by atoms with Crippen LogP contribution in [0.5, 0.6) is 0 Å². The lowest BCUT2D eigenvalue weighted by molar-refractivity contribution is -0.124. The average Bonchev–Trinajstić information content (AvgIpc) is 2.65. The number of rotatable bonds is 15. The molecule has 150 valence electrons. The first-order valence-electron chi connectivity index (χ1n) is 11.3. The molecule has 2 N–H and O–H groups in total. The third-order valence-corrected chi connectivity index (χ3v) is 5.80. The minimum atomic E-state index is -0.0532. The summed E-state index contributed by atoms with van der Waals surface area (Å²) in [5.74, 6) is 0.654. The lowest BCUT2D eigenvalue weighted by Gasteiger charge is -2.28. The Balaban J connectivity index is 1.99. The highest BCUT2D eigenvalue weighted by atomic mass is 16.1. The van der Waals surface area contributed by atoms with Crippen LogP contribution in [0.2, 0.25) is 0 Å². The molecule has 0 heterocycles. The first kappa shape index (κ1) is 23.0. The summed E-state index contributed by atoms with van der Waals surface area (Å²) in [6.45, 7) is 2.25. The van der Waals surface area contributed by atoms with Gasteiger partial charge in [0.15, 0.2) is 0 Å². The number of carbonyl (C=O) groups is 1. The van der Waals surface area contributed by atoms with Gasteiger partial charge in [-0.05, 0) is 57.3 Å². The first-order valence-corrected chi connectivity index (χ1v) is 11.3. The van der Waals surface area contributed by atoms with Gasteiger partial charge in [0.05, 0.1) is 0 Å². The van der Waals surface area contributed by atoms with Gasteiger partial charge >= 0.3 is 0 Å². The Morgan fingerprint density at radius 2 is 1.50 bits per heavy atom. The zero-order valence-electron chi connectivity index (χ0n) is 17.3. The molecule has 1 aliphatic rings. The largest absolute Gasteiger partial charge is 0.369 e. The fraction of sp³-hybridized carbons (Fsp3) is 0.792. The van der Waals surface area contributed by atoms with E-state index in [-0.39, 0.29) is 11.8 Å². The number of hydrogen-bond acceptors (Lipinski definition) is 1. The molecule has 26 heavy (non-hydrogen) atoms. The van der Waals surface area contributed by atoms with Gasteiger partial charge in [-0.1, -0.05) is 82.6 Å². The third kappa shape index (κ3) is 11.5. The summed E-state index contributed by atoms with van der Waals surface area (Å²) in [5, 5.41) is 0. The predicted molar refractivity (Wildman–Crippen MR) is 114 cm³/mol. The molecule has 2 nitrogen and oxygen atoms in total. The molecule has 0 spiro atoms. The van der Waals surface area contributed by atoms with Crippen LogP contribution in [0.15, 0.2) is 24.3 Å². The van der Waals surface area contributed by atoms with Crippen LogP contribution in [0, 0.1) is 11.8 Å². The van der Waals surface area contributed by atoms with Crippen LogP contribution < -0.4 is 5.73 Å². The predicted octanol–water partition coefficient (Wildman–Crippen LogP) is 7.09. The van der Waals surface area contributed by atoms with E-state index in [2.05, 4.69) is 31.2 Å². The van der Waals surface area contributed by atoms with E-state index in [1.165, 1.54) is 83.5 Å². The van der Waals surface area contributed by atoms with Crippen molar-refractivity contribution in [3.05, 3.63) is 24.3 Å². The van der Waals surface area contributed by atoms with Gasteiger partial charge < -0.3 is 5.73 Å². The third-order valence-electron chi connectivity index (χ3n) is 5.80. The highest BCUT2D eigenvalue weighted by Gasteiger charge is 2.27. The number of amides is 1. The van der Waals surface area contributed by atoms with E-state index >= 15 is 0 Å². The van der Waals surface area contributed by atoms with Crippen molar-refractivity contribution in [1.29, 1.82) is 0 Å². The fourth-order valence-electron chi connectivity index (χ4n) is 4.15. The van der Waals surface area contributed by atoms with Crippen LogP contribution in [-0.4, -0.2) is 5.91 Å². The summed E-state index contributed by atoms with van der Waals surface area (Å²) in [6.07, 6.45) is 29.0. The molecule has 0 aliphatic heterocycles. The SMILES string of the molecule is CCCCC/C=C\C/C=C\CCCCCCC(C(N)=O)C1CCCCC1. The van der Waals surface area contributed by atoms with Gasteiger partial charge in [-0.2, -0.15) is 0 Å². The van der Waals surface area contributed by atoms with Crippen molar-refractivity contribution in [3.8, 4) is 0 Å². The van der Waals surface area contributed by atoms with E-state index < -0.39 is 0 Å². The lowest BCUT2D eigenvalue weighted by atomic mass is 9.77. The standard InChI is InChI=1S/C24H43NO/c1-2-3-4-5-6-7-8-9-10-11-12-13-14-18-21-23(24(25)26)22-19-16-15-17-20-22/h6-7,9-10,22-23H,2-5,8,11-21H2,1H3,(H2,25,26)/b7-6-,10-9-. The van der Waals surface area contributed by atoms with Crippen LogP contribution in [0.25, 0.3) is 0 Å². The minimum absolute atomic E-state index is 0.0532. The van der Waals surface area contributed by atoms with Crippen molar-refractivity contribution < 1.29 is 4.79 Å². The Hall–Kier alpha value is -1.05. The molecule has 1 rings (SSSR count). The molecular weight excluding hydrogens is 318 g/mol. The van der Waals surface area contributed by atoms with Crippen molar-refractivity contribution in [2.75, 3.05) is 0 Å².